The molecule has 0 spiro atoms. The van der Waals surface area contributed by atoms with Gasteiger partial charge in [0, 0.05) is 24.5 Å². The molecule has 0 radical (unpaired) electrons. The fourth-order valence-corrected chi connectivity index (χ4v) is 1.49. The van der Waals surface area contributed by atoms with Crippen LogP contribution in [0.4, 0.5) is 17.3 Å². The number of carbonyl (C=O) groups excluding carboxylic acids is 1. The summed E-state index contributed by atoms with van der Waals surface area (Å²) in [6, 6.07) is 3.20. The summed E-state index contributed by atoms with van der Waals surface area (Å²) >= 11 is 0. The molecule has 0 aromatic carbocycles. The summed E-state index contributed by atoms with van der Waals surface area (Å²) in [7, 11) is 0. The lowest BCUT2D eigenvalue weighted by atomic mass is 10.3. The van der Waals surface area contributed by atoms with Crippen molar-refractivity contribution in [3.63, 3.8) is 0 Å². The van der Waals surface area contributed by atoms with Gasteiger partial charge in [-0.25, -0.2) is 9.97 Å². The second kappa shape index (κ2) is 6.32. The van der Waals surface area contributed by atoms with Gasteiger partial charge in [-0.15, -0.1) is 0 Å². The number of nitrogens with one attached hydrogen (secondary N) is 3. The third-order valence-corrected chi connectivity index (χ3v) is 2.47. The van der Waals surface area contributed by atoms with E-state index in [0.717, 1.165) is 0 Å². The van der Waals surface area contributed by atoms with Gasteiger partial charge in [0.2, 0.25) is 0 Å². The van der Waals surface area contributed by atoms with Crippen LogP contribution in [0.2, 0.25) is 0 Å². The topological polar surface area (TPSA) is 118 Å². The number of hydrogen-bond acceptors (Lipinski definition) is 7. The Morgan fingerprint density at radius 3 is 2.65 bits per heavy atom. The van der Waals surface area contributed by atoms with E-state index in [1.54, 1.807) is 12.1 Å². The molecule has 0 aliphatic rings. The van der Waals surface area contributed by atoms with Crippen LogP contribution in [0.1, 0.15) is 17.3 Å². The van der Waals surface area contributed by atoms with E-state index in [9.17, 15) is 4.79 Å². The second-order valence-electron chi connectivity index (χ2n) is 3.83. The van der Waals surface area contributed by atoms with Crippen LogP contribution in [0.5, 0.6) is 0 Å². The maximum Gasteiger partial charge on any atom is 0.269 e. The number of rotatable bonds is 5. The van der Waals surface area contributed by atoms with E-state index in [1.807, 2.05) is 6.92 Å². The molecule has 0 aliphatic heterocycles. The van der Waals surface area contributed by atoms with Crippen molar-refractivity contribution in [3.8, 4) is 0 Å². The third-order valence-electron chi connectivity index (χ3n) is 2.47. The van der Waals surface area contributed by atoms with Crippen LogP contribution in [0.3, 0.4) is 0 Å². The van der Waals surface area contributed by atoms with Crippen molar-refractivity contribution in [1.29, 1.82) is 0 Å². The Labute approximate surface area is 115 Å². The lowest BCUT2D eigenvalue weighted by Crippen LogP contribution is -2.30. The zero-order valence-corrected chi connectivity index (χ0v) is 10.9. The Morgan fingerprint density at radius 1 is 1.25 bits per heavy atom. The predicted octanol–water partition coefficient (Wildman–Crippen LogP) is 0.642. The van der Waals surface area contributed by atoms with E-state index in [-0.39, 0.29) is 5.91 Å². The lowest BCUT2D eigenvalue weighted by molar-refractivity contribution is 0.0962. The molecule has 2 aromatic rings. The zero-order valence-electron chi connectivity index (χ0n) is 10.9. The Kier molecular flexibility index (Phi) is 4.28. The molecule has 0 bridgehead atoms. The standard InChI is InChI=1S/C12H15N7O/c1-2-15-10-9(13)11(17-7-16-10)18-19-12(20)8-3-5-14-6-4-8/h3-7H,2,13H2,1H3,(H,19,20)(H2,15,16,17,18). The van der Waals surface area contributed by atoms with E-state index in [1.165, 1.54) is 18.7 Å². The van der Waals surface area contributed by atoms with Gasteiger partial charge in [0.05, 0.1) is 0 Å². The number of nitrogens with two attached hydrogens (primary N) is 1. The molecule has 8 heteroatoms. The fourth-order valence-electron chi connectivity index (χ4n) is 1.49. The molecule has 2 rings (SSSR count). The minimum atomic E-state index is -0.310. The smallest absolute Gasteiger partial charge is 0.269 e. The summed E-state index contributed by atoms with van der Waals surface area (Å²) in [4.78, 5) is 23.7. The first-order valence-corrected chi connectivity index (χ1v) is 6.03. The van der Waals surface area contributed by atoms with Gasteiger partial charge in [-0.2, -0.15) is 0 Å². The van der Waals surface area contributed by atoms with Crippen molar-refractivity contribution >= 4 is 23.2 Å². The van der Waals surface area contributed by atoms with Gasteiger partial charge < -0.3 is 11.1 Å². The maximum absolute atomic E-state index is 11.8. The molecule has 20 heavy (non-hydrogen) atoms. The number of hydrazine groups is 1. The molecule has 0 fully saturated rings. The molecule has 0 aliphatic carbocycles. The molecule has 1 amide bonds. The van der Waals surface area contributed by atoms with Crippen molar-refractivity contribution < 1.29 is 4.79 Å². The second-order valence-corrected chi connectivity index (χ2v) is 3.83. The lowest BCUT2D eigenvalue weighted by Gasteiger charge is -2.12. The van der Waals surface area contributed by atoms with Crippen molar-refractivity contribution in [2.45, 2.75) is 6.92 Å². The summed E-state index contributed by atoms with van der Waals surface area (Å²) in [5.41, 5.74) is 11.9. The van der Waals surface area contributed by atoms with Gasteiger partial charge in [0.25, 0.3) is 5.91 Å². The van der Waals surface area contributed by atoms with Gasteiger partial charge in [-0.05, 0) is 19.1 Å². The normalized spacial score (nSPS) is 9.85. The van der Waals surface area contributed by atoms with Gasteiger partial charge in [0.1, 0.15) is 12.0 Å². The summed E-state index contributed by atoms with van der Waals surface area (Å²) in [6.07, 6.45) is 4.43. The number of pyridine rings is 1. The van der Waals surface area contributed by atoms with Crippen molar-refractivity contribution in [2.75, 3.05) is 23.0 Å². The number of hydrogen-bond donors (Lipinski definition) is 4. The highest BCUT2D eigenvalue weighted by molar-refractivity contribution is 5.95. The molecule has 8 nitrogen and oxygen atoms in total. The monoisotopic (exact) mass is 273 g/mol. The summed E-state index contributed by atoms with van der Waals surface area (Å²) < 4.78 is 0. The van der Waals surface area contributed by atoms with Gasteiger partial charge in [-0.1, -0.05) is 0 Å². The van der Waals surface area contributed by atoms with Gasteiger partial charge in [0.15, 0.2) is 11.6 Å². The van der Waals surface area contributed by atoms with Crippen LogP contribution in [0.25, 0.3) is 0 Å². The quantitative estimate of drug-likeness (QED) is 0.590. The van der Waals surface area contributed by atoms with Crippen LogP contribution >= 0.6 is 0 Å². The number of aromatic nitrogens is 3. The zero-order chi connectivity index (χ0) is 14.4. The molecule has 0 atom stereocenters. The highest BCUT2D eigenvalue weighted by atomic mass is 16.2. The highest BCUT2D eigenvalue weighted by Gasteiger charge is 2.09. The van der Waals surface area contributed by atoms with E-state index in [4.69, 9.17) is 5.73 Å². The van der Waals surface area contributed by atoms with Crippen LogP contribution in [0, 0.1) is 0 Å². The van der Waals surface area contributed by atoms with E-state index < -0.39 is 0 Å². The predicted molar refractivity (Wildman–Crippen MR) is 75.9 cm³/mol. The first kappa shape index (κ1) is 13.5. The van der Waals surface area contributed by atoms with Crippen LogP contribution < -0.4 is 21.9 Å². The minimum absolute atomic E-state index is 0.310. The maximum atomic E-state index is 11.8. The van der Waals surface area contributed by atoms with Crippen molar-refractivity contribution in [3.05, 3.63) is 36.4 Å². The van der Waals surface area contributed by atoms with E-state index in [2.05, 4.69) is 31.1 Å². The Bertz CT molecular complexity index is 588. The molecule has 0 unspecified atom stereocenters. The van der Waals surface area contributed by atoms with Gasteiger partial charge in [-0.3, -0.25) is 20.6 Å². The molecule has 5 N–H and O–H groups in total. The highest BCUT2D eigenvalue weighted by Crippen LogP contribution is 2.21. The minimum Gasteiger partial charge on any atom is -0.393 e. The molecular formula is C12H15N7O. The molecular weight excluding hydrogens is 258 g/mol. The van der Waals surface area contributed by atoms with Crippen LogP contribution in [-0.4, -0.2) is 27.4 Å². The number of anilines is 3. The average Bonchev–Trinajstić information content (AvgIpc) is 2.49. The molecule has 0 saturated carbocycles. The third kappa shape index (κ3) is 3.10. The average molecular weight is 273 g/mol. The van der Waals surface area contributed by atoms with Gasteiger partial charge >= 0.3 is 0 Å². The van der Waals surface area contributed by atoms with Crippen LogP contribution in [-0.2, 0) is 0 Å². The Hall–Kier alpha value is -2.90. The SMILES string of the molecule is CCNc1ncnc(NNC(=O)c2ccncc2)c1N. The number of nitrogen functional groups attached to an aromatic ring is 1. The molecule has 104 valence electrons. The van der Waals surface area contributed by atoms with Crippen molar-refractivity contribution in [2.24, 2.45) is 0 Å². The summed E-state index contributed by atoms with van der Waals surface area (Å²) in [5.74, 6) is 0.539. The number of carbonyl (C=O) groups is 1. The Morgan fingerprint density at radius 2 is 1.95 bits per heavy atom. The largest absolute Gasteiger partial charge is 0.393 e. The molecule has 2 aromatic heterocycles. The number of amides is 1. The molecule has 0 saturated heterocycles. The van der Waals surface area contributed by atoms with E-state index >= 15 is 0 Å². The van der Waals surface area contributed by atoms with Crippen molar-refractivity contribution in [1.82, 2.24) is 20.4 Å². The van der Waals surface area contributed by atoms with Crippen LogP contribution in [0.15, 0.2) is 30.9 Å². The summed E-state index contributed by atoms with van der Waals surface area (Å²) in [6.45, 7) is 2.61. The summed E-state index contributed by atoms with van der Waals surface area (Å²) in [5, 5.41) is 3.00. The molecule has 2 heterocycles. The fraction of sp³-hybridized carbons (Fsp3) is 0.167. The van der Waals surface area contributed by atoms with E-state index in [0.29, 0.717) is 29.4 Å². The first-order valence-electron chi connectivity index (χ1n) is 6.03. The Balaban J connectivity index is 2.04. The number of nitrogens with zero attached hydrogens (tertiary/aromatic N) is 3. The first-order chi connectivity index (χ1) is 9.72.